The lowest BCUT2D eigenvalue weighted by atomic mass is 10.3. The van der Waals surface area contributed by atoms with Crippen molar-refractivity contribution in [2.75, 3.05) is 0 Å². The lowest BCUT2D eigenvalue weighted by Gasteiger charge is -2.16. The molecule has 0 spiro atoms. The first-order valence-electron chi connectivity index (χ1n) is 4.82. The Morgan fingerprint density at radius 1 is 1.25 bits per heavy atom. The van der Waals surface area contributed by atoms with Gasteiger partial charge in [-0.15, -0.1) is 0 Å². The number of hydrogen-bond acceptors (Lipinski definition) is 5. The van der Waals surface area contributed by atoms with Gasteiger partial charge in [0.25, 0.3) is 10.1 Å². The summed E-state index contributed by atoms with van der Waals surface area (Å²) in [6.07, 6.45) is -2.76. The molecule has 0 fully saturated rings. The van der Waals surface area contributed by atoms with Gasteiger partial charge in [-0.1, -0.05) is 25.1 Å². The molecule has 1 unspecified atom stereocenters. The fourth-order valence-electron chi connectivity index (χ4n) is 1.04. The van der Waals surface area contributed by atoms with Gasteiger partial charge in [0.1, 0.15) is 6.10 Å². The van der Waals surface area contributed by atoms with Crippen LogP contribution in [0.15, 0.2) is 35.2 Å². The molecule has 0 aliphatic heterocycles. The summed E-state index contributed by atoms with van der Waals surface area (Å²) in [6, 6.07) is 7.44. The Morgan fingerprint density at radius 3 is 2.31 bits per heavy atom. The molecule has 0 aliphatic rings. The van der Waals surface area contributed by atoms with Gasteiger partial charge in [-0.05, 0) is 18.6 Å². The molecule has 1 aromatic rings. The van der Waals surface area contributed by atoms with Crippen LogP contribution < -0.4 is 0 Å². The maximum Gasteiger partial charge on any atom is 0.299 e. The molecule has 1 rings (SSSR count). The second-order valence-electron chi connectivity index (χ2n) is 3.23. The van der Waals surface area contributed by atoms with Crippen LogP contribution in [0.5, 0.6) is 0 Å². The molecule has 0 bridgehead atoms. The summed E-state index contributed by atoms with van der Waals surface area (Å²) in [4.78, 5) is -0.0580. The summed E-state index contributed by atoms with van der Waals surface area (Å²) in [7, 11) is -4.02. The number of aliphatic hydroxyl groups is 2. The molecule has 0 aliphatic carbocycles. The minimum absolute atomic E-state index is 0.0580. The summed E-state index contributed by atoms with van der Waals surface area (Å²) < 4.78 is 27.6. The second-order valence-corrected chi connectivity index (χ2v) is 4.80. The molecular formula is C10H14O5S. The second kappa shape index (κ2) is 5.40. The Bertz CT molecular complexity index is 414. The molecule has 16 heavy (non-hydrogen) atoms. The highest BCUT2D eigenvalue weighted by atomic mass is 32.2. The van der Waals surface area contributed by atoms with Gasteiger partial charge < -0.3 is 10.2 Å². The fraction of sp³-hybridized carbons (Fsp3) is 0.400. The van der Waals surface area contributed by atoms with Gasteiger partial charge in [0.2, 0.25) is 0 Å². The molecule has 90 valence electrons. The summed E-state index contributed by atoms with van der Waals surface area (Å²) >= 11 is 0. The van der Waals surface area contributed by atoms with E-state index in [1.165, 1.54) is 12.1 Å². The van der Waals surface area contributed by atoms with Crippen LogP contribution in [0.4, 0.5) is 0 Å². The van der Waals surface area contributed by atoms with E-state index in [0.29, 0.717) is 0 Å². The van der Waals surface area contributed by atoms with Crippen molar-refractivity contribution in [3.05, 3.63) is 30.3 Å². The highest BCUT2D eigenvalue weighted by molar-refractivity contribution is 7.86. The van der Waals surface area contributed by atoms with Gasteiger partial charge in [-0.3, -0.25) is 0 Å². The lowest BCUT2D eigenvalue weighted by Crippen LogP contribution is -2.30. The Balaban J connectivity index is 2.81. The molecule has 6 heteroatoms. The lowest BCUT2D eigenvalue weighted by molar-refractivity contribution is -0.101. The van der Waals surface area contributed by atoms with E-state index in [0.717, 1.165) is 0 Å². The van der Waals surface area contributed by atoms with Crippen LogP contribution in [-0.2, 0) is 14.3 Å². The topological polar surface area (TPSA) is 83.8 Å². The van der Waals surface area contributed by atoms with E-state index in [4.69, 9.17) is 0 Å². The first-order chi connectivity index (χ1) is 7.47. The van der Waals surface area contributed by atoms with Gasteiger partial charge in [0.15, 0.2) is 6.29 Å². The zero-order valence-electron chi connectivity index (χ0n) is 8.78. The summed E-state index contributed by atoms with van der Waals surface area (Å²) in [5.74, 6) is 0. The molecule has 0 heterocycles. The van der Waals surface area contributed by atoms with Crippen LogP contribution in [0.25, 0.3) is 0 Å². The molecular weight excluding hydrogens is 232 g/mol. The monoisotopic (exact) mass is 246 g/mol. The van der Waals surface area contributed by atoms with Gasteiger partial charge in [0, 0.05) is 0 Å². The van der Waals surface area contributed by atoms with Gasteiger partial charge >= 0.3 is 0 Å². The maximum absolute atomic E-state index is 11.6. The van der Waals surface area contributed by atoms with Crippen molar-refractivity contribution in [1.29, 1.82) is 0 Å². The van der Waals surface area contributed by atoms with Gasteiger partial charge in [-0.25, -0.2) is 4.18 Å². The third kappa shape index (κ3) is 3.28. The molecule has 2 atom stereocenters. The number of rotatable bonds is 5. The average Bonchev–Trinajstić information content (AvgIpc) is 2.28. The molecule has 1 aromatic carbocycles. The predicted octanol–water partition coefficient (Wildman–Crippen LogP) is 0.481. The van der Waals surface area contributed by atoms with Crippen LogP contribution in [0, 0.1) is 0 Å². The van der Waals surface area contributed by atoms with Crippen molar-refractivity contribution in [1.82, 2.24) is 0 Å². The molecule has 2 N–H and O–H groups in total. The highest BCUT2D eigenvalue weighted by Crippen LogP contribution is 2.14. The van der Waals surface area contributed by atoms with Crippen LogP contribution >= 0.6 is 0 Å². The normalized spacial score (nSPS) is 15.7. The Hall–Kier alpha value is -0.950. The average molecular weight is 246 g/mol. The minimum atomic E-state index is -4.02. The van der Waals surface area contributed by atoms with Crippen molar-refractivity contribution < 1.29 is 22.8 Å². The first kappa shape index (κ1) is 13.1. The number of aliphatic hydroxyl groups excluding tert-OH is 2. The van der Waals surface area contributed by atoms with E-state index in [-0.39, 0.29) is 11.3 Å². The Kier molecular flexibility index (Phi) is 4.43. The van der Waals surface area contributed by atoms with Crippen molar-refractivity contribution in [3.63, 3.8) is 0 Å². The first-order valence-corrected chi connectivity index (χ1v) is 6.22. The third-order valence-electron chi connectivity index (χ3n) is 2.00. The molecule has 0 radical (unpaired) electrons. The van der Waals surface area contributed by atoms with Crippen molar-refractivity contribution in [3.8, 4) is 0 Å². The van der Waals surface area contributed by atoms with E-state index in [2.05, 4.69) is 4.18 Å². The van der Waals surface area contributed by atoms with E-state index in [1.807, 2.05) is 0 Å². The molecule has 0 saturated heterocycles. The largest absolute Gasteiger partial charge is 0.388 e. The van der Waals surface area contributed by atoms with Crippen molar-refractivity contribution in [2.45, 2.75) is 30.6 Å². The van der Waals surface area contributed by atoms with Crippen LogP contribution in [0.1, 0.15) is 13.3 Å². The van der Waals surface area contributed by atoms with Crippen molar-refractivity contribution in [2.24, 2.45) is 0 Å². The van der Waals surface area contributed by atoms with Crippen LogP contribution in [-0.4, -0.2) is 31.0 Å². The third-order valence-corrected chi connectivity index (χ3v) is 3.30. The van der Waals surface area contributed by atoms with Crippen molar-refractivity contribution >= 4 is 10.1 Å². The Morgan fingerprint density at radius 2 is 1.81 bits per heavy atom. The minimum Gasteiger partial charge on any atom is -0.388 e. The zero-order chi connectivity index (χ0) is 12.2. The standard InChI is InChI=1S/C10H14O5S/c1-2-9(11)10(12)15-16(13,14)8-6-4-3-5-7-8/h3-7,9-12H,2H2,1H3/t9?,10-/m1/s1. The Labute approximate surface area is 94.4 Å². The fourth-order valence-corrected chi connectivity index (χ4v) is 2.03. The molecule has 0 saturated carbocycles. The summed E-state index contributed by atoms with van der Waals surface area (Å²) in [6.45, 7) is 1.60. The molecule has 5 nitrogen and oxygen atoms in total. The van der Waals surface area contributed by atoms with Gasteiger partial charge in [0.05, 0.1) is 4.90 Å². The molecule has 0 aromatic heterocycles. The van der Waals surface area contributed by atoms with Crippen LogP contribution in [0.2, 0.25) is 0 Å². The predicted molar refractivity (Wildman–Crippen MR) is 57.0 cm³/mol. The SMILES string of the molecule is CCC(O)[C@H](O)OS(=O)(=O)c1ccccc1. The molecule has 0 amide bonds. The quantitative estimate of drug-likeness (QED) is 0.583. The van der Waals surface area contributed by atoms with E-state index in [9.17, 15) is 18.6 Å². The van der Waals surface area contributed by atoms with E-state index < -0.39 is 22.5 Å². The summed E-state index contributed by atoms with van der Waals surface area (Å²) in [5, 5.41) is 18.5. The number of hydrogen-bond donors (Lipinski definition) is 2. The highest BCUT2D eigenvalue weighted by Gasteiger charge is 2.24. The van der Waals surface area contributed by atoms with E-state index >= 15 is 0 Å². The van der Waals surface area contributed by atoms with Crippen LogP contribution in [0.3, 0.4) is 0 Å². The maximum atomic E-state index is 11.6. The number of benzene rings is 1. The van der Waals surface area contributed by atoms with Gasteiger partial charge in [-0.2, -0.15) is 8.42 Å². The summed E-state index contributed by atoms with van der Waals surface area (Å²) in [5.41, 5.74) is 0. The zero-order valence-corrected chi connectivity index (χ0v) is 9.59. The smallest absolute Gasteiger partial charge is 0.299 e. The van der Waals surface area contributed by atoms with E-state index in [1.54, 1.807) is 25.1 Å².